The highest BCUT2D eigenvalue weighted by atomic mass is 16.5. The first-order chi connectivity index (χ1) is 9.54. The van der Waals surface area contributed by atoms with Crippen molar-refractivity contribution in [2.45, 2.75) is 20.3 Å². The largest absolute Gasteiger partial charge is 0.493 e. The third kappa shape index (κ3) is 3.78. The summed E-state index contributed by atoms with van der Waals surface area (Å²) < 4.78 is 5.65. The molecular formula is C15H16N2O3. The lowest BCUT2D eigenvalue weighted by Crippen LogP contribution is -2.07. The summed E-state index contributed by atoms with van der Waals surface area (Å²) >= 11 is 0. The molecule has 0 saturated heterocycles. The molecule has 1 heterocycles. The van der Waals surface area contributed by atoms with Gasteiger partial charge in [-0.1, -0.05) is 6.07 Å². The summed E-state index contributed by atoms with van der Waals surface area (Å²) in [5.74, 6) is 0.368. The van der Waals surface area contributed by atoms with Gasteiger partial charge in [0, 0.05) is 18.8 Å². The zero-order valence-electron chi connectivity index (χ0n) is 11.5. The van der Waals surface area contributed by atoms with Gasteiger partial charge < -0.3 is 9.84 Å². The molecule has 5 nitrogen and oxygen atoms in total. The van der Waals surface area contributed by atoms with Gasteiger partial charge in [-0.25, -0.2) is 14.8 Å². The number of hydrogen-bond acceptors (Lipinski definition) is 4. The van der Waals surface area contributed by atoms with E-state index in [-0.39, 0.29) is 5.56 Å². The van der Waals surface area contributed by atoms with E-state index in [4.69, 9.17) is 9.84 Å². The van der Waals surface area contributed by atoms with Crippen LogP contribution in [0.1, 0.15) is 27.3 Å². The van der Waals surface area contributed by atoms with Gasteiger partial charge >= 0.3 is 5.97 Å². The lowest BCUT2D eigenvalue weighted by Gasteiger charge is -2.07. The van der Waals surface area contributed by atoms with Gasteiger partial charge in [-0.15, -0.1) is 0 Å². The Morgan fingerprint density at radius 3 is 2.30 bits per heavy atom. The Kier molecular flexibility index (Phi) is 4.30. The summed E-state index contributed by atoms with van der Waals surface area (Å²) in [6.07, 6.45) is 3.15. The standard InChI is InChI=1S/C15H16N2O3/c1-10-5-11(2)7-13(6-10)20-4-3-14-16-8-12(9-17-14)15(18)19/h5-9H,3-4H2,1-2H3,(H,18,19). The van der Waals surface area contributed by atoms with E-state index in [1.165, 1.54) is 12.4 Å². The summed E-state index contributed by atoms with van der Waals surface area (Å²) in [6.45, 7) is 4.50. The number of carboxylic acid groups (broad SMARTS) is 1. The highest BCUT2D eigenvalue weighted by Gasteiger charge is 2.04. The Bertz CT molecular complexity index is 589. The van der Waals surface area contributed by atoms with Gasteiger partial charge in [-0.2, -0.15) is 0 Å². The number of carbonyl (C=O) groups is 1. The summed E-state index contributed by atoms with van der Waals surface area (Å²) in [6, 6.07) is 6.03. The molecule has 5 heteroatoms. The van der Waals surface area contributed by atoms with Crippen molar-refractivity contribution >= 4 is 5.97 Å². The maximum atomic E-state index is 10.7. The molecular weight excluding hydrogens is 256 g/mol. The minimum atomic E-state index is -1.02. The molecule has 0 aliphatic rings. The topological polar surface area (TPSA) is 72.3 Å². The number of rotatable bonds is 5. The molecule has 2 aromatic rings. The molecule has 104 valence electrons. The molecule has 1 aromatic heterocycles. The van der Waals surface area contributed by atoms with Crippen molar-refractivity contribution < 1.29 is 14.6 Å². The van der Waals surface area contributed by atoms with Crippen LogP contribution in [0.5, 0.6) is 5.75 Å². The lowest BCUT2D eigenvalue weighted by molar-refractivity contribution is 0.0696. The van der Waals surface area contributed by atoms with Crippen LogP contribution >= 0.6 is 0 Å². The number of aryl methyl sites for hydroxylation is 2. The van der Waals surface area contributed by atoms with Crippen molar-refractivity contribution in [3.8, 4) is 5.75 Å². The Hall–Kier alpha value is -2.43. The number of nitrogens with zero attached hydrogens (tertiary/aromatic N) is 2. The number of aromatic carboxylic acids is 1. The molecule has 0 fully saturated rings. The van der Waals surface area contributed by atoms with E-state index >= 15 is 0 Å². The van der Waals surface area contributed by atoms with Crippen LogP contribution < -0.4 is 4.74 Å². The summed E-state index contributed by atoms with van der Waals surface area (Å²) in [4.78, 5) is 18.7. The first-order valence-corrected chi connectivity index (χ1v) is 6.30. The van der Waals surface area contributed by atoms with Crippen LogP contribution in [-0.4, -0.2) is 27.7 Å². The maximum absolute atomic E-state index is 10.7. The maximum Gasteiger partial charge on any atom is 0.338 e. The molecule has 1 N–H and O–H groups in total. The number of aromatic nitrogens is 2. The summed E-state index contributed by atoms with van der Waals surface area (Å²) in [5, 5.41) is 8.75. The molecule has 0 bridgehead atoms. The van der Waals surface area contributed by atoms with Gasteiger partial charge in [0.25, 0.3) is 0 Å². The van der Waals surface area contributed by atoms with E-state index in [0.29, 0.717) is 18.9 Å². The van der Waals surface area contributed by atoms with E-state index in [9.17, 15) is 4.79 Å². The van der Waals surface area contributed by atoms with Crippen LogP contribution in [0.3, 0.4) is 0 Å². The van der Waals surface area contributed by atoms with E-state index < -0.39 is 5.97 Å². The molecule has 0 aliphatic heterocycles. The molecule has 0 unspecified atom stereocenters. The fourth-order valence-corrected chi connectivity index (χ4v) is 1.87. The number of carboxylic acids is 1. The second kappa shape index (κ2) is 6.14. The van der Waals surface area contributed by atoms with Crippen LogP contribution in [0.4, 0.5) is 0 Å². The third-order valence-corrected chi connectivity index (χ3v) is 2.74. The molecule has 2 rings (SSSR count). The van der Waals surface area contributed by atoms with Crippen molar-refractivity contribution in [3.05, 3.63) is 53.1 Å². The van der Waals surface area contributed by atoms with Crippen molar-refractivity contribution in [2.75, 3.05) is 6.61 Å². The van der Waals surface area contributed by atoms with Gasteiger partial charge in [-0.3, -0.25) is 0 Å². The second-order valence-corrected chi connectivity index (χ2v) is 4.61. The van der Waals surface area contributed by atoms with Gasteiger partial charge in [0.2, 0.25) is 0 Å². The van der Waals surface area contributed by atoms with Crippen molar-refractivity contribution in [1.82, 2.24) is 9.97 Å². The predicted octanol–water partition coefficient (Wildman–Crippen LogP) is 2.41. The van der Waals surface area contributed by atoms with E-state index in [2.05, 4.69) is 16.0 Å². The summed E-state index contributed by atoms with van der Waals surface area (Å²) in [7, 11) is 0. The van der Waals surface area contributed by atoms with E-state index in [1.54, 1.807) is 0 Å². The molecule has 0 radical (unpaired) electrons. The van der Waals surface area contributed by atoms with Crippen LogP contribution in [0.25, 0.3) is 0 Å². The zero-order valence-corrected chi connectivity index (χ0v) is 11.5. The van der Waals surface area contributed by atoms with Gasteiger partial charge in [-0.05, 0) is 37.1 Å². The van der Waals surface area contributed by atoms with Gasteiger partial charge in [0.05, 0.1) is 12.2 Å². The van der Waals surface area contributed by atoms with Crippen LogP contribution in [0.2, 0.25) is 0 Å². The quantitative estimate of drug-likeness (QED) is 0.905. The smallest absolute Gasteiger partial charge is 0.338 e. The second-order valence-electron chi connectivity index (χ2n) is 4.61. The predicted molar refractivity (Wildman–Crippen MR) is 74.1 cm³/mol. The van der Waals surface area contributed by atoms with Crippen molar-refractivity contribution in [3.63, 3.8) is 0 Å². The third-order valence-electron chi connectivity index (χ3n) is 2.74. The fraction of sp³-hybridized carbons (Fsp3) is 0.267. The number of hydrogen-bond donors (Lipinski definition) is 1. The Balaban J connectivity index is 1.90. The molecule has 0 aliphatic carbocycles. The van der Waals surface area contributed by atoms with Crippen LogP contribution in [-0.2, 0) is 6.42 Å². The molecule has 0 atom stereocenters. The Morgan fingerprint density at radius 1 is 1.15 bits per heavy atom. The van der Waals surface area contributed by atoms with Crippen molar-refractivity contribution in [1.29, 1.82) is 0 Å². The molecule has 1 aromatic carbocycles. The molecule has 0 saturated carbocycles. The van der Waals surface area contributed by atoms with Crippen LogP contribution in [0.15, 0.2) is 30.6 Å². The highest BCUT2D eigenvalue weighted by Crippen LogP contribution is 2.16. The number of ether oxygens (including phenoxy) is 1. The fourth-order valence-electron chi connectivity index (χ4n) is 1.87. The average Bonchev–Trinajstić information content (AvgIpc) is 2.38. The monoisotopic (exact) mass is 272 g/mol. The van der Waals surface area contributed by atoms with Gasteiger partial charge in [0.15, 0.2) is 0 Å². The van der Waals surface area contributed by atoms with E-state index in [1.807, 2.05) is 26.0 Å². The lowest BCUT2D eigenvalue weighted by atomic mass is 10.1. The number of benzene rings is 1. The average molecular weight is 272 g/mol. The summed E-state index contributed by atoms with van der Waals surface area (Å²) in [5.41, 5.74) is 2.40. The zero-order chi connectivity index (χ0) is 14.5. The van der Waals surface area contributed by atoms with Crippen molar-refractivity contribution in [2.24, 2.45) is 0 Å². The first-order valence-electron chi connectivity index (χ1n) is 6.30. The molecule has 0 amide bonds. The van der Waals surface area contributed by atoms with Gasteiger partial charge in [0.1, 0.15) is 11.6 Å². The van der Waals surface area contributed by atoms with Crippen LogP contribution in [0, 0.1) is 13.8 Å². The van der Waals surface area contributed by atoms with E-state index in [0.717, 1.165) is 16.9 Å². The minimum absolute atomic E-state index is 0.0870. The molecule has 20 heavy (non-hydrogen) atoms. The normalized spacial score (nSPS) is 10.3. The Labute approximate surface area is 117 Å². The molecule has 0 spiro atoms. The Morgan fingerprint density at radius 2 is 1.75 bits per heavy atom. The SMILES string of the molecule is Cc1cc(C)cc(OCCc2ncc(C(=O)O)cn2)c1. The first kappa shape index (κ1) is 14.0. The minimum Gasteiger partial charge on any atom is -0.493 e. The highest BCUT2D eigenvalue weighted by molar-refractivity contribution is 5.86.